The molecule has 8 aromatic rings. The molecule has 0 N–H and O–H groups in total. The van der Waals surface area contributed by atoms with Crippen LogP contribution in [-0.4, -0.2) is 0 Å². The molecule has 0 bridgehead atoms. The highest BCUT2D eigenvalue weighted by Gasteiger charge is 2.45. The van der Waals surface area contributed by atoms with Crippen LogP contribution < -0.4 is 4.90 Å². The normalized spacial score (nSPS) is 14.9. The standard InChI is InChI=1S/C49H39NO/c1-33-29-36(34-13-5-2-6-14-34)19-23-44(33)50-45-24-20-38(35-15-7-3-8-16-35)31-42(45)49(27-11-4-12-28-49)43-32-39(21-25-46(43)50)37-22-26-48-41(30-37)40-17-9-10-18-47(40)51-48/h2-3,5-10,13-26,29-32H,4,11-12,27-28H2,1H3. The van der Waals surface area contributed by atoms with E-state index >= 15 is 0 Å². The van der Waals surface area contributed by atoms with Gasteiger partial charge in [-0.3, -0.25) is 0 Å². The van der Waals surface area contributed by atoms with Crippen LogP contribution in [0.3, 0.4) is 0 Å². The van der Waals surface area contributed by atoms with Crippen molar-refractivity contribution in [3.05, 3.63) is 174 Å². The molecule has 10 rings (SSSR count). The third kappa shape index (κ3) is 4.85. The second-order valence-corrected chi connectivity index (χ2v) is 14.5. The molecule has 0 saturated heterocycles. The van der Waals surface area contributed by atoms with Crippen molar-refractivity contribution in [3.63, 3.8) is 0 Å². The quantitative estimate of drug-likeness (QED) is 0.187. The molecule has 0 atom stereocenters. The van der Waals surface area contributed by atoms with Crippen LogP contribution in [0.4, 0.5) is 17.1 Å². The lowest BCUT2D eigenvalue weighted by atomic mass is 9.62. The smallest absolute Gasteiger partial charge is 0.135 e. The van der Waals surface area contributed by atoms with E-state index in [1.165, 1.54) is 97.2 Å². The minimum Gasteiger partial charge on any atom is -0.456 e. The highest BCUT2D eigenvalue weighted by Crippen LogP contribution is 2.59. The van der Waals surface area contributed by atoms with Gasteiger partial charge in [0.05, 0.1) is 11.4 Å². The van der Waals surface area contributed by atoms with Crippen molar-refractivity contribution in [2.45, 2.75) is 44.4 Å². The molecule has 2 heteroatoms. The van der Waals surface area contributed by atoms with E-state index in [1.807, 2.05) is 6.07 Å². The molecule has 51 heavy (non-hydrogen) atoms. The van der Waals surface area contributed by atoms with Crippen molar-refractivity contribution < 1.29 is 4.42 Å². The molecule has 2 heterocycles. The van der Waals surface area contributed by atoms with E-state index in [0.29, 0.717) is 0 Å². The van der Waals surface area contributed by atoms with Crippen LogP contribution in [0, 0.1) is 6.92 Å². The van der Waals surface area contributed by atoms with Crippen LogP contribution in [0.2, 0.25) is 0 Å². The number of aryl methyl sites for hydroxylation is 1. The summed E-state index contributed by atoms with van der Waals surface area (Å²) in [5.41, 5.74) is 17.3. The first kappa shape index (κ1) is 30.0. The molecule has 2 aliphatic rings. The monoisotopic (exact) mass is 657 g/mol. The second kappa shape index (κ2) is 11.9. The van der Waals surface area contributed by atoms with Gasteiger partial charge in [0.25, 0.3) is 0 Å². The number of anilines is 3. The van der Waals surface area contributed by atoms with E-state index in [9.17, 15) is 0 Å². The third-order valence-electron chi connectivity index (χ3n) is 11.6. The average molecular weight is 658 g/mol. The van der Waals surface area contributed by atoms with Gasteiger partial charge in [-0.1, -0.05) is 122 Å². The van der Waals surface area contributed by atoms with Crippen LogP contribution in [0.15, 0.2) is 162 Å². The average Bonchev–Trinajstić information content (AvgIpc) is 3.57. The number of nitrogens with zero attached hydrogens (tertiary/aromatic N) is 1. The largest absolute Gasteiger partial charge is 0.456 e. The van der Waals surface area contributed by atoms with Gasteiger partial charge in [0.1, 0.15) is 11.2 Å². The molecular formula is C49H39NO. The van der Waals surface area contributed by atoms with Gasteiger partial charge in [0.15, 0.2) is 0 Å². The van der Waals surface area contributed by atoms with Gasteiger partial charge in [-0.15, -0.1) is 0 Å². The van der Waals surface area contributed by atoms with Gasteiger partial charge in [-0.05, 0) is 124 Å². The minimum atomic E-state index is -0.0649. The summed E-state index contributed by atoms with van der Waals surface area (Å²) in [6, 6.07) is 58.2. The van der Waals surface area contributed by atoms with Crippen LogP contribution in [-0.2, 0) is 5.41 Å². The fraction of sp³-hybridized carbons (Fsp3) is 0.143. The Morgan fingerprint density at radius 2 is 0.941 bits per heavy atom. The van der Waals surface area contributed by atoms with Crippen molar-refractivity contribution in [2.75, 3.05) is 4.90 Å². The molecule has 0 radical (unpaired) electrons. The van der Waals surface area contributed by atoms with Crippen molar-refractivity contribution in [3.8, 4) is 33.4 Å². The zero-order chi connectivity index (χ0) is 33.9. The molecule has 1 spiro atoms. The van der Waals surface area contributed by atoms with Gasteiger partial charge in [-0.2, -0.15) is 0 Å². The number of rotatable bonds is 4. The molecule has 7 aromatic carbocycles. The summed E-state index contributed by atoms with van der Waals surface area (Å²) < 4.78 is 6.21. The summed E-state index contributed by atoms with van der Waals surface area (Å²) in [7, 11) is 0. The van der Waals surface area contributed by atoms with Crippen LogP contribution in [0.5, 0.6) is 0 Å². The van der Waals surface area contributed by atoms with Crippen molar-refractivity contribution in [1.29, 1.82) is 0 Å². The van der Waals surface area contributed by atoms with Crippen LogP contribution in [0.25, 0.3) is 55.3 Å². The topological polar surface area (TPSA) is 16.4 Å². The fourth-order valence-electron chi connectivity index (χ4n) is 9.07. The lowest BCUT2D eigenvalue weighted by molar-refractivity contribution is 0.344. The van der Waals surface area contributed by atoms with Crippen LogP contribution in [0.1, 0.15) is 48.8 Å². The van der Waals surface area contributed by atoms with E-state index < -0.39 is 0 Å². The summed E-state index contributed by atoms with van der Waals surface area (Å²) >= 11 is 0. The number of benzene rings is 7. The predicted octanol–water partition coefficient (Wildman–Crippen LogP) is 13.9. The first-order valence-corrected chi connectivity index (χ1v) is 18.4. The van der Waals surface area contributed by atoms with Gasteiger partial charge < -0.3 is 9.32 Å². The summed E-state index contributed by atoms with van der Waals surface area (Å²) in [5.74, 6) is 0. The predicted molar refractivity (Wildman–Crippen MR) is 213 cm³/mol. The Hall–Kier alpha value is -5.86. The first-order chi connectivity index (χ1) is 25.2. The lowest BCUT2D eigenvalue weighted by Gasteiger charge is -2.48. The molecule has 1 aliphatic heterocycles. The summed E-state index contributed by atoms with van der Waals surface area (Å²) in [6.07, 6.45) is 6.06. The number of fused-ring (bicyclic) bond motifs is 7. The molecule has 246 valence electrons. The van der Waals surface area contributed by atoms with E-state index in [1.54, 1.807) is 0 Å². The molecule has 0 amide bonds. The Morgan fingerprint density at radius 1 is 0.431 bits per heavy atom. The maximum atomic E-state index is 6.21. The zero-order valence-corrected chi connectivity index (χ0v) is 28.9. The number of para-hydroxylation sites is 1. The molecular weight excluding hydrogens is 619 g/mol. The van der Waals surface area contributed by atoms with Crippen LogP contribution >= 0.6 is 0 Å². The Balaban J connectivity index is 1.20. The molecule has 1 saturated carbocycles. The van der Waals surface area contributed by atoms with Crippen molar-refractivity contribution in [1.82, 2.24) is 0 Å². The first-order valence-electron chi connectivity index (χ1n) is 18.4. The van der Waals surface area contributed by atoms with Gasteiger partial charge >= 0.3 is 0 Å². The SMILES string of the molecule is Cc1cc(-c2ccccc2)ccc1N1c2ccc(-c3ccccc3)cc2C2(CCCCC2)c2cc(-c3ccc4oc5ccccc5c4c3)ccc21. The van der Waals surface area contributed by atoms with Gasteiger partial charge in [0.2, 0.25) is 0 Å². The zero-order valence-electron chi connectivity index (χ0n) is 28.9. The lowest BCUT2D eigenvalue weighted by Crippen LogP contribution is -2.37. The Bertz CT molecular complexity index is 2570. The highest BCUT2D eigenvalue weighted by atomic mass is 16.3. The Morgan fingerprint density at radius 3 is 1.59 bits per heavy atom. The molecule has 1 aliphatic carbocycles. The van der Waals surface area contributed by atoms with E-state index in [4.69, 9.17) is 4.42 Å². The molecule has 1 fully saturated rings. The van der Waals surface area contributed by atoms with E-state index in [-0.39, 0.29) is 5.41 Å². The summed E-state index contributed by atoms with van der Waals surface area (Å²) in [6.45, 7) is 2.27. The molecule has 2 nitrogen and oxygen atoms in total. The van der Waals surface area contributed by atoms with Crippen molar-refractivity contribution >= 4 is 39.0 Å². The Labute approximate surface area is 299 Å². The third-order valence-corrected chi connectivity index (χ3v) is 11.6. The molecule has 0 unspecified atom stereocenters. The van der Waals surface area contributed by atoms with Crippen molar-refractivity contribution in [2.24, 2.45) is 0 Å². The molecule has 1 aromatic heterocycles. The van der Waals surface area contributed by atoms with E-state index in [0.717, 1.165) is 24.0 Å². The fourth-order valence-corrected chi connectivity index (χ4v) is 9.07. The van der Waals surface area contributed by atoms with E-state index in [2.05, 4.69) is 163 Å². The highest BCUT2D eigenvalue weighted by molar-refractivity contribution is 6.06. The number of hydrogen-bond acceptors (Lipinski definition) is 2. The maximum Gasteiger partial charge on any atom is 0.135 e. The second-order valence-electron chi connectivity index (χ2n) is 14.5. The van der Waals surface area contributed by atoms with Gasteiger partial charge in [0, 0.05) is 21.9 Å². The number of furan rings is 1. The maximum absolute atomic E-state index is 6.21. The van der Waals surface area contributed by atoms with Gasteiger partial charge in [-0.25, -0.2) is 0 Å². The minimum absolute atomic E-state index is 0.0649. The number of hydrogen-bond donors (Lipinski definition) is 0. The summed E-state index contributed by atoms with van der Waals surface area (Å²) in [5, 5.41) is 2.33. The summed E-state index contributed by atoms with van der Waals surface area (Å²) in [4.78, 5) is 2.56. The Kier molecular flexibility index (Phi) is 6.99.